The Labute approximate surface area is 108 Å². The summed E-state index contributed by atoms with van der Waals surface area (Å²) in [6.07, 6.45) is 3.39. The molecule has 5 nitrogen and oxygen atoms in total. The van der Waals surface area contributed by atoms with E-state index in [0.29, 0.717) is 19.6 Å². The monoisotopic (exact) mass is 254 g/mol. The van der Waals surface area contributed by atoms with Crippen molar-refractivity contribution >= 4 is 11.9 Å². The molecule has 0 saturated carbocycles. The molecule has 0 aromatic rings. The van der Waals surface area contributed by atoms with Gasteiger partial charge < -0.3 is 15.0 Å². The fraction of sp³-hybridized carbons (Fsp3) is 0.846. The molecule has 0 aromatic carbocycles. The molecular formula is C13H22N2O3. The van der Waals surface area contributed by atoms with Crippen molar-refractivity contribution < 1.29 is 14.3 Å². The topological polar surface area (TPSA) is 58.6 Å². The van der Waals surface area contributed by atoms with E-state index in [1.165, 1.54) is 0 Å². The van der Waals surface area contributed by atoms with E-state index < -0.39 is 0 Å². The maximum absolute atomic E-state index is 12.0. The first-order valence-corrected chi connectivity index (χ1v) is 6.91. The van der Waals surface area contributed by atoms with Gasteiger partial charge in [0.05, 0.1) is 18.6 Å². The molecule has 102 valence electrons. The second-order valence-electron chi connectivity index (χ2n) is 4.96. The number of rotatable bonds is 3. The zero-order valence-corrected chi connectivity index (χ0v) is 11.0. The molecule has 2 rings (SSSR count). The standard InChI is InChI=1S/C13H22N2O3/c1-2-18-13(17)10-6-7-14-9-11(10)15-8-4-3-5-12(15)16/h10-11,14H,2-9H2,1H3/t10-,11-/m0/s1. The average Bonchev–Trinajstić information content (AvgIpc) is 2.40. The van der Waals surface area contributed by atoms with Crippen LogP contribution in [-0.4, -0.2) is 49.1 Å². The third-order valence-electron chi connectivity index (χ3n) is 3.80. The van der Waals surface area contributed by atoms with E-state index >= 15 is 0 Å². The molecule has 2 aliphatic heterocycles. The molecule has 0 aliphatic carbocycles. The lowest BCUT2D eigenvalue weighted by atomic mass is 9.90. The molecule has 0 radical (unpaired) electrons. The third kappa shape index (κ3) is 2.83. The molecule has 1 amide bonds. The summed E-state index contributed by atoms with van der Waals surface area (Å²) in [5.41, 5.74) is 0. The van der Waals surface area contributed by atoms with Crippen molar-refractivity contribution in [1.82, 2.24) is 10.2 Å². The molecule has 5 heteroatoms. The van der Waals surface area contributed by atoms with Gasteiger partial charge in [-0.25, -0.2) is 0 Å². The highest BCUT2D eigenvalue weighted by Gasteiger charge is 2.38. The number of amides is 1. The van der Waals surface area contributed by atoms with Gasteiger partial charge in [0, 0.05) is 19.5 Å². The molecular weight excluding hydrogens is 232 g/mol. The number of esters is 1. The molecule has 2 heterocycles. The molecule has 18 heavy (non-hydrogen) atoms. The van der Waals surface area contributed by atoms with Crippen LogP contribution in [0.15, 0.2) is 0 Å². The van der Waals surface area contributed by atoms with Crippen molar-refractivity contribution in [2.45, 2.75) is 38.6 Å². The van der Waals surface area contributed by atoms with E-state index in [1.807, 2.05) is 11.8 Å². The third-order valence-corrected chi connectivity index (χ3v) is 3.80. The van der Waals surface area contributed by atoms with Gasteiger partial charge in [-0.2, -0.15) is 0 Å². The summed E-state index contributed by atoms with van der Waals surface area (Å²) in [4.78, 5) is 25.8. The van der Waals surface area contributed by atoms with Crippen molar-refractivity contribution in [3.63, 3.8) is 0 Å². The van der Waals surface area contributed by atoms with Crippen LogP contribution in [0.1, 0.15) is 32.6 Å². The van der Waals surface area contributed by atoms with Crippen LogP contribution in [0.4, 0.5) is 0 Å². The molecule has 0 bridgehead atoms. The van der Waals surface area contributed by atoms with Crippen LogP contribution in [0.3, 0.4) is 0 Å². The lowest BCUT2D eigenvalue weighted by molar-refractivity contribution is -0.154. The van der Waals surface area contributed by atoms with Crippen molar-refractivity contribution in [3.8, 4) is 0 Å². The van der Waals surface area contributed by atoms with Crippen LogP contribution in [-0.2, 0) is 14.3 Å². The Balaban J connectivity index is 2.06. The molecule has 0 aromatic heterocycles. The van der Waals surface area contributed by atoms with Gasteiger partial charge in [-0.05, 0) is 32.7 Å². The Bertz CT molecular complexity index is 319. The summed E-state index contributed by atoms with van der Waals surface area (Å²) in [6.45, 7) is 4.53. The van der Waals surface area contributed by atoms with Crippen molar-refractivity contribution in [2.75, 3.05) is 26.2 Å². The van der Waals surface area contributed by atoms with E-state index in [-0.39, 0.29) is 23.8 Å². The largest absolute Gasteiger partial charge is 0.466 e. The highest BCUT2D eigenvalue weighted by Crippen LogP contribution is 2.24. The smallest absolute Gasteiger partial charge is 0.311 e. The van der Waals surface area contributed by atoms with Crippen LogP contribution >= 0.6 is 0 Å². The predicted molar refractivity (Wildman–Crippen MR) is 67.0 cm³/mol. The Morgan fingerprint density at radius 1 is 1.50 bits per heavy atom. The summed E-state index contributed by atoms with van der Waals surface area (Å²) in [6, 6.07) is -0.0226. The summed E-state index contributed by atoms with van der Waals surface area (Å²) in [5.74, 6) is -0.125. The van der Waals surface area contributed by atoms with E-state index in [0.717, 1.165) is 32.4 Å². The van der Waals surface area contributed by atoms with Gasteiger partial charge in [-0.15, -0.1) is 0 Å². The minimum Gasteiger partial charge on any atom is -0.466 e. The first kappa shape index (κ1) is 13.3. The number of piperidine rings is 2. The fourth-order valence-electron chi connectivity index (χ4n) is 2.87. The first-order chi connectivity index (χ1) is 8.74. The summed E-state index contributed by atoms with van der Waals surface area (Å²) in [7, 11) is 0. The van der Waals surface area contributed by atoms with Crippen molar-refractivity contribution in [3.05, 3.63) is 0 Å². The summed E-state index contributed by atoms with van der Waals surface area (Å²) >= 11 is 0. The van der Waals surface area contributed by atoms with Crippen LogP contribution < -0.4 is 5.32 Å². The number of carbonyl (C=O) groups is 2. The quantitative estimate of drug-likeness (QED) is 0.747. The van der Waals surface area contributed by atoms with Gasteiger partial charge in [-0.1, -0.05) is 0 Å². The number of nitrogens with one attached hydrogen (secondary N) is 1. The number of hydrogen-bond donors (Lipinski definition) is 1. The molecule has 2 atom stereocenters. The Morgan fingerprint density at radius 2 is 2.33 bits per heavy atom. The lowest BCUT2D eigenvalue weighted by Gasteiger charge is -2.40. The number of hydrogen-bond acceptors (Lipinski definition) is 4. The van der Waals surface area contributed by atoms with Crippen LogP contribution in [0.25, 0.3) is 0 Å². The van der Waals surface area contributed by atoms with Gasteiger partial charge in [-0.3, -0.25) is 9.59 Å². The Morgan fingerprint density at radius 3 is 3.06 bits per heavy atom. The molecule has 2 aliphatic rings. The number of carbonyl (C=O) groups excluding carboxylic acids is 2. The fourth-order valence-corrected chi connectivity index (χ4v) is 2.87. The normalized spacial score (nSPS) is 29.2. The van der Waals surface area contributed by atoms with Gasteiger partial charge in [0.25, 0.3) is 0 Å². The van der Waals surface area contributed by atoms with Gasteiger partial charge in [0.2, 0.25) is 5.91 Å². The van der Waals surface area contributed by atoms with Crippen LogP contribution in [0.2, 0.25) is 0 Å². The van der Waals surface area contributed by atoms with Crippen LogP contribution in [0.5, 0.6) is 0 Å². The van der Waals surface area contributed by atoms with Gasteiger partial charge in [0.15, 0.2) is 0 Å². The predicted octanol–water partition coefficient (Wildman–Crippen LogP) is 0.540. The second kappa shape index (κ2) is 6.18. The van der Waals surface area contributed by atoms with Crippen molar-refractivity contribution in [2.24, 2.45) is 5.92 Å². The van der Waals surface area contributed by atoms with E-state index in [2.05, 4.69) is 5.32 Å². The zero-order valence-electron chi connectivity index (χ0n) is 11.0. The second-order valence-corrected chi connectivity index (χ2v) is 4.96. The first-order valence-electron chi connectivity index (χ1n) is 6.91. The highest BCUT2D eigenvalue weighted by molar-refractivity contribution is 5.79. The Kier molecular flexibility index (Phi) is 4.58. The lowest BCUT2D eigenvalue weighted by Crippen LogP contribution is -2.56. The van der Waals surface area contributed by atoms with Gasteiger partial charge in [0.1, 0.15) is 0 Å². The van der Waals surface area contributed by atoms with Gasteiger partial charge >= 0.3 is 5.97 Å². The average molecular weight is 254 g/mol. The summed E-state index contributed by atoms with van der Waals surface area (Å²) < 4.78 is 5.13. The highest BCUT2D eigenvalue weighted by atomic mass is 16.5. The molecule has 0 unspecified atom stereocenters. The maximum atomic E-state index is 12.0. The zero-order chi connectivity index (χ0) is 13.0. The number of likely N-dealkylation sites (tertiary alicyclic amines) is 1. The molecule has 2 saturated heterocycles. The minimum atomic E-state index is -0.159. The number of ether oxygens (including phenoxy) is 1. The van der Waals surface area contributed by atoms with Crippen LogP contribution in [0, 0.1) is 5.92 Å². The SMILES string of the molecule is CCOC(=O)[C@H]1CCNC[C@@H]1N1CCCCC1=O. The maximum Gasteiger partial charge on any atom is 0.311 e. The molecule has 0 spiro atoms. The Hall–Kier alpha value is -1.10. The van der Waals surface area contributed by atoms with Crippen molar-refractivity contribution in [1.29, 1.82) is 0 Å². The number of nitrogens with zero attached hydrogens (tertiary/aromatic N) is 1. The summed E-state index contributed by atoms with van der Waals surface area (Å²) in [5, 5.41) is 3.28. The minimum absolute atomic E-state index is 0.0226. The molecule has 2 fully saturated rings. The molecule has 1 N–H and O–H groups in total. The van der Waals surface area contributed by atoms with E-state index in [9.17, 15) is 9.59 Å². The van der Waals surface area contributed by atoms with E-state index in [4.69, 9.17) is 4.74 Å². The van der Waals surface area contributed by atoms with E-state index in [1.54, 1.807) is 0 Å².